The van der Waals surface area contributed by atoms with Gasteiger partial charge < -0.3 is 18.7 Å². The number of rotatable bonds is 26. The molecule has 0 bridgehead atoms. The number of ether oxygens (including phenoxy) is 1. The Morgan fingerprint density at radius 3 is 1.44 bits per heavy atom. The van der Waals surface area contributed by atoms with Crippen molar-refractivity contribution in [2.45, 2.75) is 122 Å². The molecule has 1 aromatic rings. The summed E-state index contributed by atoms with van der Waals surface area (Å²) in [7, 11) is -4.15. The van der Waals surface area contributed by atoms with E-state index in [4.69, 9.17) is 13.8 Å². The summed E-state index contributed by atoms with van der Waals surface area (Å²) in [5, 5.41) is 0. The highest BCUT2D eigenvalue weighted by Gasteiger charge is 2.08. The predicted molar refractivity (Wildman–Crippen MR) is 146 cm³/mol. The molecule has 0 fully saturated rings. The summed E-state index contributed by atoms with van der Waals surface area (Å²) in [5.74, 6) is 0.801. The van der Waals surface area contributed by atoms with Gasteiger partial charge in [0.15, 0.2) is 0 Å². The van der Waals surface area contributed by atoms with Gasteiger partial charge in [-0.3, -0.25) is 9.36 Å². The lowest BCUT2D eigenvalue weighted by atomic mass is 10.1. The summed E-state index contributed by atoms with van der Waals surface area (Å²) in [4.78, 5) is 22.5. The van der Waals surface area contributed by atoms with Crippen LogP contribution in [-0.2, 0) is 13.6 Å². The topological polar surface area (TPSA) is 84.9 Å². The van der Waals surface area contributed by atoms with Crippen LogP contribution in [0.1, 0.15) is 133 Å². The van der Waals surface area contributed by atoms with Crippen LogP contribution < -0.4 is 9.63 Å². The molecule has 0 aliphatic heterocycles. The Morgan fingerprint density at radius 1 is 0.639 bits per heavy atom. The molecule has 208 valence electrons. The van der Waals surface area contributed by atoms with Crippen molar-refractivity contribution in [1.29, 1.82) is 0 Å². The molecule has 0 aliphatic rings. The molecule has 0 spiro atoms. The first-order valence-corrected chi connectivity index (χ1v) is 15.8. The zero-order valence-corrected chi connectivity index (χ0v) is 23.5. The van der Waals surface area contributed by atoms with Crippen LogP contribution in [0, 0.1) is 0 Å². The maximum atomic E-state index is 11.8. The normalized spacial score (nSPS) is 12.9. The van der Waals surface area contributed by atoms with E-state index in [1.54, 1.807) is 12.1 Å². The fourth-order valence-electron chi connectivity index (χ4n) is 4.08. The van der Waals surface area contributed by atoms with E-state index >= 15 is 0 Å². The number of benzene rings is 1. The van der Waals surface area contributed by atoms with E-state index in [1.165, 1.54) is 57.8 Å². The minimum Gasteiger partial charge on any atom is -0.756 e. The first-order chi connectivity index (χ1) is 17.6. The zero-order valence-electron chi connectivity index (χ0n) is 22.6. The van der Waals surface area contributed by atoms with Gasteiger partial charge in [-0.05, 0) is 43.5 Å². The fourth-order valence-corrected chi connectivity index (χ4v) is 4.86. The lowest BCUT2D eigenvalue weighted by Gasteiger charge is -2.22. The maximum absolute atomic E-state index is 11.8. The SMILES string of the molecule is CCCCCCCCCCCCOP(=O)([O-])OCCCCCCCCCCOc1ccc(C=O)cc1. The van der Waals surface area contributed by atoms with Crippen LogP contribution in [0.2, 0.25) is 0 Å². The molecule has 1 unspecified atom stereocenters. The molecule has 6 nitrogen and oxygen atoms in total. The van der Waals surface area contributed by atoms with Gasteiger partial charge in [-0.2, -0.15) is 0 Å². The molecule has 0 aromatic heterocycles. The summed E-state index contributed by atoms with van der Waals surface area (Å²) < 4.78 is 27.5. The summed E-state index contributed by atoms with van der Waals surface area (Å²) in [5.41, 5.74) is 0.656. The van der Waals surface area contributed by atoms with Gasteiger partial charge in [-0.15, -0.1) is 0 Å². The highest BCUT2D eigenvalue weighted by Crippen LogP contribution is 2.38. The minimum absolute atomic E-state index is 0.212. The Morgan fingerprint density at radius 2 is 1.03 bits per heavy atom. The lowest BCUT2D eigenvalue weighted by molar-refractivity contribution is -0.225. The Balaban J connectivity index is 1.82. The zero-order chi connectivity index (χ0) is 26.2. The van der Waals surface area contributed by atoms with Gasteiger partial charge in [0.05, 0.1) is 19.8 Å². The summed E-state index contributed by atoms with van der Waals surface area (Å²) in [6.45, 7) is 3.37. The molecule has 0 aliphatic carbocycles. The molecular formula is C29H50O6P-. The van der Waals surface area contributed by atoms with E-state index in [0.717, 1.165) is 69.8 Å². The van der Waals surface area contributed by atoms with Crippen LogP contribution >= 0.6 is 7.82 Å². The average molecular weight is 526 g/mol. The summed E-state index contributed by atoms with van der Waals surface area (Å²) in [6, 6.07) is 7.17. The quantitative estimate of drug-likeness (QED) is 0.0685. The van der Waals surface area contributed by atoms with Gasteiger partial charge in [-0.1, -0.05) is 103 Å². The van der Waals surface area contributed by atoms with Crippen molar-refractivity contribution in [1.82, 2.24) is 0 Å². The van der Waals surface area contributed by atoms with Crippen LogP contribution in [0.3, 0.4) is 0 Å². The first-order valence-electron chi connectivity index (χ1n) is 14.4. The molecule has 0 amide bonds. The van der Waals surface area contributed by atoms with Gasteiger partial charge in [-0.25, -0.2) is 0 Å². The summed E-state index contributed by atoms with van der Waals surface area (Å²) in [6.07, 6.45) is 21.3. The number of phosphoric ester groups is 1. The van der Waals surface area contributed by atoms with E-state index < -0.39 is 7.82 Å². The number of hydrogen-bond donors (Lipinski definition) is 0. The largest absolute Gasteiger partial charge is 0.756 e. The number of unbranched alkanes of at least 4 members (excludes halogenated alkanes) is 16. The van der Waals surface area contributed by atoms with Gasteiger partial charge in [0.25, 0.3) is 7.82 Å². The van der Waals surface area contributed by atoms with Crippen LogP contribution in [0.5, 0.6) is 5.75 Å². The Kier molecular flexibility index (Phi) is 20.9. The van der Waals surface area contributed by atoms with Gasteiger partial charge in [0.1, 0.15) is 12.0 Å². The average Bonchev–Trinajstić information content (AvgIpc) is 2.88. The maximum Gasteiger partial charge on any atom is 0.267 e. The van der Waals surface area contributed by atoms with Crippen molar-refractivity contribution in [3.05, 3.63) is 29.8 Å². The van der Waals surface area contributed by atoms with E-state index in [2.05, 4.69) is 6.92 Å². The van der Waals surface area contributed by atoms with Crippen molar-refractivity contribution in [2.24, 2.45) is 0 Å². The van der Waals surface area contributed by atoms with Crippen molar-refractivity contribution in [2.75, 3.05) is 19.8 Å². The first kappa shape index (κ1) is 32.8. The number of carbonyl (C=O) groups is 1. The van der Waals surface area contributed by atoms with E-state index in [-0.39, 0.29) is 13.2 Å². The minimum atomic E-state index is -4.15. The molecule has 0 saturated carbocycles. The highest BCUT2D eigenvalue weighted by atomic mass is 31.2. The number of carbonyl (C=O) groups excluding carboxylic acids is 1. The third-order valence-electron chi connectivity index (χ3n) is 6.32. The molecule has 0 saturated heterocycles. The molecule has 7 heteroatoms. The molecular weight excluding hydrogens is 475 g/mol. The van der Waals surface area contributed by atoms with Crippen molar-refractivity contribution in [3.63, 3.8) is 0 Å². The molecule has 1 rings (SSSR count). The van der Waals surface area contributed by atoms with Crippen LogP contribution in [0.15, 0.2) is 24.3 Å². The van der Waals surface area contributed by atoms with Crippen molar-refractivity contribution >= 4 is 14.1 Å². The number of aldehydes is 1. The Labute approximate surface area is 220 Å². The second-order valence-corrected chi connectivity index (χ2v) is 11.1. The molecule has 0 radical (unpaired) electrons. The second-order valence-electron chi connectivity index (χ2n) is 9.66. The van der Waals surface area contributed by atoms with Crippen LogP contribution in [0.4, 0.5) is 0 Å². The van der Waals surface area contributed by atoms with Crippen LogP contribution in [-0.4, -0.2) is 26.1 Å². The molecule has 1 aromatic carbocycles. The highest BCUT2D eigenvalue weighted by molar-refractivity contribution is 7.45. The standard InChI is InChI=1S/C29H51O6P/c1-2-3-4-5-6-7-8-12-15-18-25-34-36(31,32)35-26-19-16-13-10-9-11-14-17-24-33-29-22-20-28(27-30)21-23-29/h20-23,27H,2-19,24-26H2,1H3,(H,31,32)/p-1. The summed E-state index contributed by atoms with van der Waals surface area (Å²) >= 11 is 0. The lowest BCUT2D eigenvalue weighted by Crippen LogP contribution is -2.10. The third kappa shape index (κ3) is 19.9. The Hall–Kier alpha value is -1.20. The molecule has 36 heavy (non-hydrogen) atoms. The Bertz CT molecular complexity index is 679. The molecule has 0 N–H and O–H groups in total. The molecule has 0 heterocycles. The second kappa shape index (κ2) is 23.0. The van der Waals surface area contributed by atoms with Gasteiger partial charge >= 0.3 is 0 Å². The van der Waals surface area contributed by atoms with Crippen LogP contribution in [0.25, 0.3) is 0 Å². The van der Waals surface area contributed by atoms with E-state index in [0.29, 0.717) is 12.2 Å². The molecule has 1 atom stereocenters. The third-order valence-corrected chi connectivity index (χ3v) is 7.32. The van der Waals surface area contributed by atoms with Crippen molar-refractivity contribution in [3.8, 4) is 5.75 Å². The van der Waals surface area contributed by atoms with Gasteiger partial charge in [0, 0.05) is 5.56 Å². The van der Waals surface area contributed by atoms with E-state index in [1.807, 2.05) is 12.1 Å². The number of phosphoric acid groups is 1. The van der Waals surface area contributed by atoms with Crippen molar-refractivity contribution < 1.29 is 28.0 Å². The monoisotopic (exact) mass is 525 g/mol. The fraction of sp³-hybridized carbons (Fsp3) is 0.759. The van der Waals surface area contributed by atoms with Gasteiger partial charge in [0.2, 0.25) is 0 Å². The number of hydrogen-bond acceptors (Lipinski definition) is 6. The van der Waals surface area contributed by atoms with E-state index in [9.17, 15) is 14.3 Å². The smallest absolute Gasteiger partial charge is 0.267 e. The predicted octanol–water partition coefficient (Wildman–Crippen LogP) is 8.42.